The second kappa shape index (κ2) is 7.46. The number of ether oxygens (including phenoxy) is 1. The van der Waals surface area contributed by atoms with Crippen molar-refractivity contribution in [2.75, 3.05) is 33.4 Å². The quantitative estimate of drug-likeness (QED) is 0.650. The Kier molecular flexibility index (Phi) is 6.61. The van der Waals surface area contributed by atoms with Gasteiger partial charge in [-0.05, 0) is 38.1 Å². The van der Waals surface area contributed by atoms with Gasteiger partial charge in [0.2, 0.25) is 0 Å². The molecule has 0 radical (unpaired) electrons. The van der Waals surface area contributed by atoms with Gasteiger partial charge in [-0.25, -0.2) is 0 Å². The van der Waals surface area contributed by atoms with Gasteiger partial charge in [0.25, 0.3) is 0 Å². The van der Waals surface area contributed by atoms with Crippen molar-refractivity contribution in [2.24, 2.45) is 5.41 Å². The summed E-state index contributed by atoms with van der Waals surface area (Å²) in [5.41, 5.74) is 0.311. The highest BCUT2D eigenvalue weighted by Gasteiger charge is 2.34. The van der Waals surface area contributed by atoms with Crippen LogP contribution in [0, 0.1) is 5.41 Å². The van der Waals surface area contributed by atoms with E-state index in [1.807, 2.05) is 0 Å². The first-order valence-corrected chi connectivity index (χ1v) is 7.47. The molecule has 1 unspecified atom stereocenters. The zero-order chi connectivity index (χ0) is 13.6. The maximum Gasteiger partial charge on any atom is 0.0589 e. The van der Waals surface area contributed by atoms with Gasteiger partial charge in [-0.1, -0.05) is 20.8 Å². The summed E-state index contributed by atoms with van der Waals surface area (Å²) in [7, 11) is 1.79. The molecular weight excluding hydrogens is 224 g/mol. The van der Waals surface area contributed by atoms with Crippen molar-refractivity contribution in [2.45, 2.75) is 59.0 Å². The highest BCUT2D eigenvalue weighted by atomic mass is 16.5. The van der Waals surface area contributed by atoms with Crippen LogP contribution in [0.4, 0.5) is 0 Å². The molecule has 0 aliphatic heterocycles. The molecule has 1 N–H and O–H groups in total. The normalized spacial score (nSPS) is 18.3. The molecule has 3 nitrogen and oxygen atoms in total. The molecule has 108 valence electrons. The smallest absolute Gasteiger partial charge is 0.0589 e. The molecule has 1 fully saturated rings. The summed E-state index contributed by atoms with van der Waals surface area (Å²) < 4.78 is 5.23. The third-order valence-electron chi connectivity index (χ3n) is 4.13. The van der Waals surface area contributed by atoms with Gasteiger partial charge in [0.05, 0.1) is 6.61 Å². The van der Waals surface area contributed by atoms with Crippen molar-refractivity contribution in [3.05, 3.63) is 0 Å². The molecule has 1 aliphatic carbocycles. The monoisotopic (exact) mass is 256 g/mol. The summed E-state index contributed by atoms with van der Waals surface area (Å²) in [5.74, 6) is 0. The van der Waals surface area contributed by atoms with E-state index in [1.54, 1.807) is 7.11 Å². The zero-order valence-corrected chi connectivity index (χ0v) is 13.0. The predicted octanol–water partition coefficient (Wildman–Crippen LogP) is 2.51. The van der Waals surface area contributed by atoms with Gasteiger partial charge in [-0.2, -0.15) is 0 Å². The van der Waals surface area contributed by atoms with E-state index >= 15 is 0 Å². The maximum absolute atomic E-state index is 5.23. The molecule has 1 aliphatic rings. The first-order chi connectivity index (χ1) is 8.51. The summed E-state index contributed by atoms with van der Waals surface area (Å²) in [6.45, 7) is 13.5. The second-order valence-electron chi connectivity index (χ2n) is 6.36. The van der Waals surface area contributed by atoms with Gasteiger partial charge in [-0.3, -0.25) is 4.90 Å². The Bertz CT molecular complexity index is 227. The van der Waals surface area contributed by atoms with Crippen LogP contribution in [0.15, 0.2) is 0 Å². The minimum Gasteiger partial charge on any atom is -0.383 e. The molecule has 0 bridgehead atoms. The summed E-state index contributed by atoms with van der Waals surface area (Å²) >= 11 is 0. The molecule has 0 spiro atoms. The lowest BCUT2D eigenvalue weighted by molar-refractivity contribution is 0.0977. The first kappa shape index (κ1) is 15.9. The maximum atomic E-state index is 5.23. The number of nitrogens with one attached hydrogen (secondary N) is 1. The highest BCUT2D eigenvalue weighted by Crippen LogP contribution is 2.31. The molecule has 3 heteroatoms. The SMILES string of the molecule is CCCNC(C)C(C)(C)CN(CCOC)C1CC1. The second-order valence-corrected chi connectivity index (χ2v) is 6.36. The average molecular weight is 256 g/mol. The van der Waals surface area contributed by atoms with Crippen molar-refractivity contribution in [1.82, 2.24) is 10.2 Å². The van der Waals surface area contributed by atoms with Crippen molar-refractivity contribution in [3.63, 3.8) is 0 Å². The van der Waals surface area contributed by atoms with Crippen LogP contribution >= 0.6 is 0 Å². The van der Waals surface area contributed by atoms with Gasteiger partial charge >= 0.3 is 0 Å². The largest absolute Gasteiger partial charge is 0.383 e. The van der Waals surface area contributed by atoms with Crippen LogP contribution in [0.1, 0.15) is 47.0 Å². The molecule has 0 heterocycles. The third-order valence-corrected chi connectivity index (χ3v) is 4.13. The Morgan fingerprint density at radius 3 is 2.56 bits per heavy atom. The fourth-order valence-corrected chi connectivity index (χ4v) is 2.34. The lowest BCUT2D eigenvalue weighted by Gasteiger charge is -2.37. The molecule has 0 amide bonds. The fourth-order valence-electron chi connectivity index (χ4n) is 2.34. The van der Waals surface area contributed by atoms with E-state index in [2.05, 4.69) is 37.9 Å². The lowest BCUT2D eigenvalue weighted by Crippen LogP contribution is -2.48. The molecule has 0 aromatic rings. The summed E-state index contributed by atoms with van der Waals surface area (Å²) in [6.07, 6.45) is 3.95. The van der Waals surface area contributed by atoms with Crippen LogP contribution in [0.2, 0.25) is 0 Å². The van der Waals surface area contributed by atoms with Crippen molar-refractivity contribution >= 4 is 0 Å². The Morgan fingerprint density at radius 1 is 1.39 bits per heavy atom. The molecule has 18 heavy (non-hydrogen) atoms. The Balaban J connectivity index is 2.43. The van der Waals surface area contributed by atoms with E-state index in [1.165, 1.54) is 25.8 Å². The van der Waals surface area contributed by atoms with Gasteiger partial charge < -0.3 is 10.1 Å². The number of nitrogens with zero attached hydrogens (tertiary/aromatic N) is 1. The van der Waals surface area contributed by atoms with Crippen molar-refractivity contribution in [3.8, 4) is 0 Å². The molecule has 0 aromatic heterocycles. The first-order valence-electron chi connectivity index (χ1n) is 7.47. The molecule has 1 saturated carbocycles. The fraction of sp³-hybridized carbons (Fsp3) is 1.00. The Labute approximate surface area is 113 Å². The van der Waals surface area contributed by atoms with Crippen LogP contribution in [0.5, 0.6) is 0 Å². The summed E-state index contributed by atoms with van der Waals surface area (Å²) in [6, 6.07) is 1.37. The van der Waals surface area contributed by atoms with Crippen molar-refractivity contribution < 1.29 is 4.74 Å². The third kappa shape index (κ3) is 5.25. The number of methoxy groups -OCH3 is 1. The zero-order valence-electron chi connectivity index (χ0n) is 13.0. The molecular formula is C15H32N2O. The Hall–Kier alpha value is -0.120. The van der Waals surface area contributed by atoms with E-state index in [4.69, 9.17) is 4.74 Å². The van der Waals surface area contributed by atoms with E-state index in [0.29, 0.717) is 11.5 Å². The van der Waals surface area contributed by atoms with Crippen LogP contribution in [-0.2, 0) is 4.74 Å². The minimum absolute atomic E-state index is 0.311. The van der Waals surface area contributed by atoms with Crippen molar-refractivity contribution in [1.29, 1.82) is 0 Å². The minimum atomic E-state index is 0.311. The number of hydrogen-bond donors (Lipinski definition) is 1. The topological polar surface area (TPSA) is 24.5 Å². The molecule has 0 aromatic carbocycles. The number of hydrogen-bond acceptors (Lipinski definition) is 3. The van der Waals surface area contributed by atoms with Crippen LogP contribution < -0.4 is 5.32 Å². The van der Waals surface area contributed by atoms with Gasteiger partial charge in [0.1, 0.15) is 0 Å². The standard InChI is InChI=1S/C15H32N2O/c1-6-9-16-13(2)15(3,4)12-17(10-11-18-5)14-7-8-14/h13-14,16H,6-12H2,1-5H3. The van der Waals surface area contributed by atoms with Gasteiger partial charge in [-0.15, -0.1) is 0 Å². The molecule has 1 atom stereocenters. The molecule has 0 saturated heterocycles. The van der Waals surface area contributed by atoms with Gasteiger partial charge in [0, 0.05) is 32.3 Å². The number of rotatable bonds is 10. The van der Waals surface area contributed by atoms with E-state index < -0.39 is 0 Å². The van der Waals surface area contributed by atoms with E-state index in [9.17, 15) is 0 Å². The predicted molar refractivity (Wildman–Crippen MR) is 78.0 cm³/mol. The van der Waals surface area contributed by atoms with Crippen LogP contribution in [0.3, 0.4) is 0 Å². The van der Waals surface area contributed by atoms with Crippen LogP contribution in [0.25, 0.3) is 0 Å². The molecule has 1 rings (SSSR count). The Morgan fingerprint density at radius 2 is 2.06 bits per heavy atom. The van der Waals surface area contributed by atoms with E-state index in [-0.39, 0.29) is 0 Å². The van der Waals surface area contributed by atoms with Crippen LogP contribution in [-0.4, -0.2) is 50.3 Å². The summed E-state index contributed by atoms with van der Waals surface area (Å²) in [5, 5.41) is 3.64. The van der Waals surface area contributed by atoms with E-state index in [0.717, 1.165) is 25.7 Å². The highest BCUT2D eigenvalue weighted by molar-refractivity contribution is 4.90. The van der Waals surface area contributed by atoms with Gasteiger partial charge in [0.15, 0.2) is 0 Å². The average Bonchev–Trinajstić information content (AvgIpc) is 3.15. The lowest BCUT2D eigenvalue weighted by atomic mass is 9.84. The summed E-state index contributed by atoms with van der Waals surface area (Å²) in [4.78, 5) is 2.62.